The van der Waals surface area contributed by atoms with Crippen molar-refractivity contribution in [2.45, 2.75) is 76.5 Å². The fourth-order valence-corrected chi connectivity index (χ4v) is 5.03. The van der Waals surface area contributed by atoms with Crippen molar-refractivity contribution >= 4 is 29.4 Å². The Morgan fingerprint density at radius 1 is 0.818 bits per heavy atom. The topological polar surface area (TPSA) is 114 Å². The van der Waals surface area contributed by atoms with Gasteiger partial charge in [0.25, 0.3) is 0 Å². The fourth-order valence-electron chi connectivity index (χ4n) is 5.03. The molecule has 0 spiro atoms. The number of carbonyl (C=O) groups excluding carboxylic acids is 2. The lowest BCUT2D eigenvalue weighted by Gasteiger charge is -2.33. The summed E-state index contributed by atoms with van der Waals surface area (Å²) in [5.74, 6) is -2.34. The Kier molecular flexibility index (Phi) is 12.8. The first-order valence-electron chi connectivity index (χ1n) is 14.7. The van der Waals surface area contributed by atoms with Crippen LogP contribution in [0.15, 0.2) is 48.5 Å². The first-order chi connectivity index (χ1) is 20.8. The molecule has 1 fully saturated rings. The van der Waals surface area contributed by atoms with Crippen molar-refractivity contribution in [3.63, 3.8) is 0 Å². The number of nitrogens with two attached hydrogens (primary N) is 2. The van der Waals surface area contributed by atoms with Crippen LogP contribution in [-0.2, 0) is 14.3 Å². The zero-order valence-corrected chi connectivity index (χ0v) is 24.4. The summed E-state index contributed by atoms with van der Waals surface area (Å²) in [4.78, 5) is 24.0. The molecule has 0 radical (unpaired) electrons. The Hall–Kier alpha value is -3.83. The quantitative estimate of drug-likeness (QED) is 0.0678. The number of nitrogen functional groups attached to an aromatic ring is 2. The maximum atomic E-state index is 14.7. The maximum absolute atomic E-state index is 14.7. The molecule has 0 atom stereocenters. The zero-order chi connectivity index (χ0) is 32.2. The number of halogens is 5. The number of ether oxygens (including phenoxy) is 3. The molecule has 44 heavy (non-hydrogen) atoms. The third-order valence-corrected chi connectivity index (χ3v) is 7.43. The number of esters is 2. The molecule has 0 aromatic heterocycles. The average Bonchev–Trinajstić information content (AvgIpc) is 2.96. The average molecular weight is 627 g/mol. The number of benzene rings is 2. The van der Waals surface area contributed by atoms with Gasteiger partial charge in [-0.3, -0.25) is 0 Å². The molecule has 3 rings (SSSR count). The summed E-state index contributed by atoms with van der Waals surface area (Å²) in [6.07, 6.45) is -2.18. The fraction of sp³-hybridized carbons (Fsp3) is 0.500. The van der Waals surface area contributed by atoms with Gasteiger partial charge in [-0.2, -0.15) is 22.0 Å². The van der Waals surface area contributed by atoms with Crippen molar-refractivity contribution < 1.29 is 45.8 Å². The van der Waals surface area contributed by atoms with E-state index in [1.54, 1.807) is 6.07 Å². The molecular formula is C32H39F5N2O5. The van der Waals surface area contributed by atoms with Crippen molar-refractivity contribution in [2.75, 3.05) is 24.7 Å². The number of rotatable bonds is 15. The van der Waals surface area contributed by atoms with E-state index in [1.165, 1.54) is 48.6 Å². The molecule has 0 saturated heterocycles. The van der Waals surface area contributed by atoms with Crippen molar-refractivity contribution in [1.29, 1.82) is 0 Å². The first kappa shape index (κ1) is 34.7. The first-order valence-corrected chi connectivity index (χ1v) is 14.7. The molecule has 7 nitrogen and oxygen atoms in total. The second-order valence-electron chi connectivity index (χ2n) is 11.0. The molecule has 12 heteroatoms. The van der Waals surface area contributed by atoms with Gasteiger partial charge in [0.1, 0.15) is 5.75 Å². The van der Waals surface area contributed by atoms with Gasteiger partial charge in [-0.1, -0.05) is 12.1 Å². The lowest BCUT2D eigenvalue weighted by molar-refractivity contribution is -0.224. The Morgan fingerprint density at radius 3 is 2.00 bits per heavy atom. The smallest absolute Gasteiger partial charge is 0.400 e. The number of hydrogen-bond acceptors (Lipinski definition) is 7. The van der Waals surface area contributed by atoms with Crippen LogP contribution in [0.3, 0.4) is 0 Å². The van der Waals surface area contributed by atoms with E-state index in [2.05, 4.69) is 0 Å². The van der Waals surface area contributed by atoms with Crippen molar-refractivity contribution in [3.05, 3.63) is 59.7 Å². The highest BCUT2D eigenvalue weighted by molar-refractivity contribution is 5.91. The molecule has 2 aromatic rings. The van der Waals surface area contributed by atoms with E-state index in [-0.39, 0.29) is 44.1 Å². The van der Waals surface area contributed by atoms with Gasteiger partial charge in [-0.05, 0) is 106 Å². The number of alkyl halides is 5. The SMILES string of the molecule is Nc1cc(N)cc(C(=O)OCCCCCCOC(=O)C=Cc2ccc(OC(F)(F)C3CCC(CCC(F)(F)F)CC3)cc2)c1. The molecule has 242 valence electrons. The summed E-state index contributed by atoms with van der Waals surface area (Å²) in [6.45, 7) is 0.463. The number of unbranched alkanes of at least 4 members (excludes halogenated alkanes) is 3. The summed E-state index contributed by atoms with van der Waals surface area (Å²) in [5.41, 5.74) is 13.0. The minimum Gasteiger partial charge on any atom is -0.463 e. The molecule has 1 aliphatic carbocycles. The summed E-state index contributed by atoms with van der Waals surface area (Å²) >= 11 is 0. The summed E-state index contributed by atoms with van der Waals surface area (Å²) < 4.78 is 82.0. The summed E-state index contributed by atoms with van der Waals surface area (Å²) in [7, 11) is 0. The molecule has 0 bridgehead atoms. The second-order valence-corrected chi connectivity index (χ2v) is 11.0. The Balaban J connectivity index is 1.28. The molecule has 0 amide bonds. The molecule has 0 unspecified atom stereocenters. The van der Waals surface area contributed by atoms with Crippen LogP contribution in [0.5, 0.6) is 5.75 Å². The van der Waals surface area contributed by atoms with E-state index >= 15 is 0 Å². The number of anilines is 2. The van der Waals surface area contributed by atoms with Crippen LogP contribution in [0.4, 0.5) is 33.3 Å². The summed E-state index contributed by atoms with van der Waals surface area (Å²) in [5, 5.41) is 0. The van der Waals surface area contributed by atoms with Crippen LogP contribution in [-0.4, -0.2) is 37.4 Å². The van der Waals surface area contributed by atoms with E-state index in [1.807, 2.05) is 0 Å². The Labute approximate surface area is 253 Å². The molecule has 0 aliphatic heterocycles. The zero-order valence-electron chi connectivity index (χ0n) is 24.4. The number of hydrogen-bond donors (Lipinski definition) is 2. The van der Waals surface area contributed by atoms with E-state index in [0.29, 0.717) is 48.2 Å². The van der Waals surface area contributed by atoms with Crippen LogP contribution >= 0.6 is 0 Å². The van der Waals surface area contributed by atoms with Crippen LogP contribution < -0.4 is 16.2 Å². The van der Waals surface area contributed by atoms with Crippen LogP contribution in [0.2, 0.25) is 0 Å². The van der Waals surface area contributed by atoms with Gasteiger partial charge in [0.2, 0.25) is 0 Å². The van der Waals surface area contributed by atoms with Gasteiger partial charge in [0.15, 0.2) is 0 Å². The van der Waals surface area contributed by atoms with Crippen molar-refractivity contribution in [1.82, 2.24) is 0 Å². The minimum atomic E-state index is -4.23. The lowest BCUT2D eigenvalue weighted by Crippen LogP contribution is -2.37. The highest BCUT2D eigenvalue weighted by Crippen LogP contribution is 2.42. The Morgan fingerprint density at radius 2 is 1.41 bits per heavy atom. The minimum absolute atomic E-state index is 0.0327. The molecule has 1 saturated carbocycles. The molecule has 4 N–H and O–H groups in total. The van der Waals surface area contributed by atoms with Gasteiger partial charge in [-0.25, -0.2) is 9.59 Å². The highest BCUT2D eigenvalue weighted by atomic mass is 19.4. The van der Waals surface area contributed by atoms with Crippen molar-refractivity contribution in [2.24, 2.45) is 11.8 Å². The van der Waals surface area contributed by atoms with Gasteiger partial charge in [0, 0.05) is 23.9 Å². The Bertz CT molecular complexity index is 1220. The van der Waals surface area contributed by atoms with Crippen LogP contribution in [0, 0.1) is 11.8 Å². The predicted molar refractivity (Wildman–Crippen MR) is 157 cm³/mol. The van der Waals surface area contributed by atoms with Crippen molar-refractivity contribution in [3.8, 4) is 5.75 Å². The predicted octanol–water partition coefficient (Wildman–Crippen LogP) is 7.95. The molecular weight excluding hydrogens is 587 g/mol. The molecule has 0 heterocycles. The van der Waals surface area contributed by atoms with Crippen LogP contribution in [0.25, 0.3) is 6.08 Å². The highest BCUT2D eigenvalue weighted by Gasteiger charge is 2.44. The lowest BCUT2D eigenvalue weighted by atomic mass is 9.79. The molecule has 1 aliphatic rings. The second kappa shape index (κ2) is 16.3. The van der Waals surface area contributed by atoms with E-state index in [9.17, 15) is 31.5 Å². The van der Waals surface area contributed by atoms with Gasteiger partial charge in [0.05, 0.1) is 24.7 Å². The summed E-state index contributed by atoms with van der Waals surface area (Å²) in [6, 6.07) is 10.3. The van der Waals surface area contributed by atoms with Gasteiger partial charge in [-0.15, -0.1) is 0 Å². The van der Waals surface area contributed by atoms with Gasteiger partial charge < -0.3 is 25.7 Å². The van der Waals surface area contributed by atoms with E-state index in [4.69, 9.17) is 25.7 Å². The van der Waals surface area contributed by atoms with E-state index in [0.717, 1.165) is 12.8 Å². The van der Waals surface area contributed by atoms with Gasteiger partial charge >= 0.3 is 24.2 Å². The standard InChI is InChI=1S/C32H39F5N2O5/c33-31(34,35)16-15-23-5-10-25(11-6-23)32(36,37)44-28-12-7-22(8-13-28)9-14-29(40)42-17-3-1-2-4-18-43-30(41)24-19-26(38)21-27(39)20-24/h7-9,12-14,19-21,23,25H,1-6,10-11,15-18,38-39H2. The normalized spacial score (nSPS) is 17.4. The van der Waals surface area contributed by atoms with Crippen LogP contribution in [0.1, 0.15) is 80.1 Å². The number of carbonyl (C=O) groups is 2. The third-order valence-electron chi connectivity index (χ3n) is 7.43. The van der Waals surface area contributed by atoms with E-state index < -0.39 is 36.6 Å². The molecule has 2 aromatic carbocycles. The third kappa shape index (κ3) is 12.4. The monoisotopic (exact) mass is 626 g/mol. The largest absolute Gasteiger partial charge is 0.463 e. The maximum Gasteiger partial charge on any atom is 0.400 e.